The Balaban J connectivity index is 1.42. The van der Waals surface area contributed by atoms with Gasteiger partial charge >= 0.3 is 0 Å². The zero-order chi connectivity index (χ0) is 22.5. The van der Waals surface area contributed by atoms with Crippen LogP contribution in [0.2, 0.25) is 0 Å². The summed E-state index contributed by atoms with van der Waals surface area (Å²) in [5.41, 5.74) is 2.22. The Morgan fingerprint density at radius 3 is 2.50 bits per heavy atom. The summed E-state index contributed by atoms with van der Waals surface area (Å²) in [6, 6.07) is 18.7. The van der Waals surface area contributed by atoms with Crippen LogP contribution in [0.25, 0.3) is 0 Å². The van der Waals surface area contributed by atoms with Gasteiger partial charge in [-0.25, -0.2) is 4.98 Å². The number of benzene rings is 2. The molecule has 1 aliphatic heterocycles. The fraction of sp³-hybridized carbons (Fsp3) is 0.217. The van der Waals surface area contributed by atoms with E-state index in [4.69, 9.17) is 10.00 Å². The summed E-state index contributed by atoms with van der Waals surface area (Å²) in [5.74, 6) is 1.94. The number of amides is 1. The molecule has 1 saturated heterocycles. The van der Waals surface area contributed by atoms with Gasteiger partial charge in [0.2, 0.25) is 5.95 Å². The van der Waals surface area contributed by atoms with Gasteiger partial charge in [0.15, 0.2) is 0 Å². The molecule has 1 N–H and O–H groups in total. The highest BCUT2D eigenvalue weighted by Crippen LogP contribution is 2.27. The van der Waals surface area contributed by atoms with Crippen molar-refractivity contribution in [3.63, 3.8) is 0 Å². The summed E-state index contributed by atoms with van der Waals surface area (Å²) in [6.45, 7) is 3.30. The second-order valence-corrected chi connectivity index (χ2v) is 8.29. The second kappa shape index (κ2) is 9.58. The molecule has 1 aliphatic rings. The van der Waals surface area contributed by atoms with Crippen molar-refractivity contribution in [1.29, 1.82) is 5.26 Å². The number of nitrogens with one attached hydrogen (secondary N) is 1. The van der Waals surface area contributed by atoms with Crippen LogP contribution in [-0.2, 0) is 4.79 Å². The van der Waals surface area contributed by atoms with Gasteiger partial charge in [0, 0.05) is 28.9 Å². The average Bonchev–Trinajstić information content (AvgIpc) is 2.81. The van der Waals surface area contributed by atoms with Crippen molar-refractivity contribution in [3.8, 4) is 11.8 Å². The quantitative estimate of drug-likeness (QED) is 0.572. The van der Waals surface area contributed by atoms with Gasteiger partial charge in [-0.3, -0.25) is 9.10 Å². The fourth-order valence-corrected chi connectivity index (χ4v) is 4.07. The van der Waals surface area contributed by atoms with Gasteiger partial charge in [0.1, 0.15) is 18.1 Å². The van der Waals surface area contributed by atoms with Crippen LogP contribution in [0.15, 0.2) is 59.5 Å². The normalized spacial score (nSPS) is 13.6. The number of methoxy groups -OCH3 is 1. The molecule has 0 aliphatic carbocycles. The van der Waals surface area contributed by atoms with Crippen molar-refractivity contribution in [3.05, 3.63) is 65.9 Å². The fourth-order valence-electron chi connectivity index (χ4n) is 3.22. The number of hydrogen-bond acceptors (Lipinski definition) is 8. The summed E-state index contributed by atoms with van der Waals surface area (Å²) >= 11 is 1.43. The number of hydrogen-bond donors (Lipinski definition) is 1. The predicted octanol–water partition coefficient (Wildman–Crippen LogP) is 3.76. The minimum Gasteiger partial charge on any atom is -0.497 e. The number of carbonyl (C=O) groups excluding carboxylic acids is 1. The van der Waals surface area contributed by atoms with E-state index in [2.05, 4.69) is 21.4 Å². The van der Waals surface area contributed by atoms with E-state index in [-0.39, 0.29) is 12.5 Å². The van der Waals surface area contributed by atoms with Crippen molar-refractivity contribution in [2.45, 2.75) is 11.8 Å². The molecule has 4 rings (SSSR count). The van der Waals surface area contributed by atoms with Crippen molar-refractivity contribution in [2.75, 3.05) is 37.0 Å². The summed E-state index contributed by atoms with van der Waals surface area (Å²) in [7, 11) is 1.63. The second-order valence-electron chi connectivity index (χ2n) is 7.19. The molecule has 9 heteroatoms. The van der Waals surface area contributed by atoms with Gasteiger partial charge in [0.25, 0.3) is 5.91 Å². The molecule has 0 atom stereocenters. The molecule has 0 bridgehead atoms. The molecule has 1 fully saturated rings. The van der Waals surface area contributed by atoms with Gasteiger partial charge in [-0.05, 0) is 67.4 Å². The van der Waals surface area contributed by atoms with Crippen molar-refractivity contribution >= 4 is 35.3 Å². The molecule has 2 heterocycles. The Bertz CT molecular complexity index is 1140. The van der Waals surface area contributed by atoms with E-state index in [0.717, 1.165) is 22.0 Å². The highest BCUT2D eigenvalue weighted by atomic mass is 32.2. The van der Waals surface area contributed by atoms with Gasteiger partial charge in [0.05, 0.1) is 25.3 Å². The van der Waals surface area contributed by atoms with E-state index in [9.17, 15) is 4.79 Å². The van der Waals surface area contributed by atoms with Crippen LogP contribution in [0.5, 0.6) is 5.75 Å². The standard InChI is InChI=1S/C23H22N6O2S/c1-16-13-21(26-18-5-3-17(14-24)4-6-18)27-23(25-16)28-11-12-29(22(30)15-28)32-20-9-7-19(31-2)8-10-20/h3-10,13H,11-12,15H2,1-2H3,(H,25,26,27). The molecule has 1 aromatic heterocycles. The SMILES string of the molecule is COc1ccc(SN2CCN(c3nc(C)cc(Nc4ccc(C#N)cc4)n3)CC2=O)cc1. The molecule has 32 heavy (non-hydrogen) atoms. The number of piperazine rings is 1. The van der Waals surface area contributed by atoms with E-state index in [1.807, 2.05) is 54.3 Å². The molecule has 162 valence electrons. The Morgan fingerprint density at radius 2 is 1.84 bits per heavy atom. The first-order valence-electron chi connectivity index (χ1n) is 10.0. The highest BCUT2D eigenvalue weighted by Gasteiger charge is 2.27. The molecular formula is C23H22N6O2S. The molecule has 0 unspecified atom stereocenters. The lowest BCUT2D eigenvalue weighted by molar-refractivity contribution is -0.125. The maximum Gasteiger partial charge on any atom is 0.252 e. The number of ether oxygens (including phenoxy) is 1. The van der Waals surface area contributed by atoms with Crippen LogP contribution < -0.4 is 15.0 Å². The molecule has 0 saturated carbocycles. The minimum absolute atomic E-state index is 0.00350. The third-order valence-electron chi connectivity index (χ3n) is 4.86. The number of nitrogens with zero attached hydrogens (tertiary/aromatic N) is 5. The van der Waals surface area contributed by atoms with Gasteiger partial charge in [-0.15, -0.1) is 0 Å². The van der Waals surface area contributed by atoms with Crippen LogP contribution in [-0.4, -0.2) is 46.9 Å². The molecule has 0 spiro atoms. The molecular weight excluding hydrogens is 424 g/mol. The minimum atomic E-state index is 0.00350. The maximum atomic E-state index is 12.8. The Labute approximate surface area is 191 Å². The van der Waals surface area contributed by atoms with E-state index >= 15 is 0 Å². The third kappa shape index (κ3) is 5.10. The van der Waals surface area contributed by atoms with Crippen LogP contribution in [0.3, 0.4) is 0 Å². The monoisotopic (exact) mass is 446 g/mol. The van der Waals surface area contributed by atoms with Crippen molar-refractivity contribution in [2.24, 2.45) is 0 Å². The zero-order valence-electron chi connectivity index (χ0n) is 17.8. The number of anilines is 3. The van der Waals surface area contributed by atoms with Crippen LogP contribution in [0.4, 0.5) is 17.5 Å². The third-order valence-corrected chi connectivity index (χ3v) is 5.95. The maximum absolute atomic E-state index is 12.8. The van der Waals surface area contributed by atoms with Crippen LogP contribution in [0, 0.1) is 18.3 Å². The van der Waals surface area contributed by atoms with E-state index in [0.29, 0.717) is 30.4 Å². The highest BCUT2D eigenvalue weighted by molar-refractivity contribution is 7.97. The first kappa shape index (κ1) is 21.5. The number of aryl methyl sites for hydroxylation is 1. The summed E-state index contributed by atoms with van der Waals surface area (Å²) in [6.07, 6.45) is 0. The van der Waals surface area contributed by atoms with Gasteiger partial charge in [-0.2, -0.15) is 10.2 Å². The average molecular weight is 447 g/mol. The number of nitriles is 1. The van der Waals surface area contributed by atoms with Crippen LogP contribution in [0.1, 0.15) is 11.3 Å². The Hall–Kier alpha value is -3.77. The molecule has 2 aromatic carbocycles. The number of aromatic nitrogens is 2. The van der Waals surface area contributed by atoms with Crippen molar-refractivity contribution < 1.29 is 9.53 Å². The zero-order valence-corrected chi connectivity index (χ0v) is 18.6. The molecule has 0 radical (unpaired) electrons. The first-order valence-corrected chi connectivity index (χ1v) is 10.8. The molecule has 1 amide bonds. The van der Waals surface area contributed by atoms with E-state index < -0.39 is 0 Å². The molecule has 3 aromatic rings. The predicted molar refractivity (Wildman–Crippen MR) is 124 cm³/mol. The lowest BCUT2D eigenvalue weighted by Gasteiger charge is -2.33. The topological polar surface area (TPSA) is 94.4 Å². The lowest BCUT2D eigenvalue weighted by Crippen LogP contribution is -2.48. The van der Waals surface area contributed by atoms with Gasteiger partial charge < -0.3 is 15.0 Å². The Morgan fingerprint density at radius 1 is 1.09 bits per heavy atom. The van der Waals surface area contributed by atoms with Crippen LogP contribution >= 0.6 is 11.9 Å². The van der Waals surface area contributed by atoms with Gasteiger partial charge in [-0.1, -0.05) is 0 Å². The largest absolute Gasteiger partial charge is 0.497 e. The Kier molecular flexibility index (Phi) is 6.42. The summed E-state index contributed by atoms with van der Waals surface area (Å²) < 4.78 is 6.95. The summed E-state index contributed by atoms with van der Waals surface area (Å²) in [4.78, 5) is 24.8. The number of rotatable bonds is 6. The first-order chi connectivity index (χ1) is 15.5. The van der Waals surface area contributed by atoms with Crippen molar-refractivity contribution in [1.82, 2.24) is 14.3 Å². The van der Waals surface area contributed by atoms with E-state index in [1.54, 1.807) is 23.5 Å². The lowest BCUT2D eigenvalue weighted by atomic mass is 10.2. The number of carbonyl (C=O) groups is 1. The molecule has 8 nitrogen and oxygen atoms in total. The van der Waals surface area contributed by atoms with E-state index in [1.165, 1.54) is 11.9 Å². The smallest absolute Gasteiger partial charge is 0.252 e. The summed E-state index contributed by atoms with van der Waals surface area (Å²) in [5, 5.41) is 12.2.